The van der Waals surface area contributed by atoms with Gasteiger partial charge in [0.25, 0.3) is 0 Å². The molecule has 1 saturated heterocycles. The first kappa shape index (κ1) is 9.30. The average molecular weight is 196 g/mol. The Kier molecular flexibility index (Phi) is 2.56. The molecule has 2 N–H and O–H groups in total. The largest absolute Gasteiger partial charge is 0.508 e. The molecule has 0 amide bonds. The standard InChI is InChI=1S/C10H12O4/c11-7-1-3-8(4-2-7)14-10-6-13-5-9(10)12/h1-4,9-12H,5-6H2/t9-,10-/m1/s1. The van der Waals surface area contributed by atoms with Crippen molar-refractivity contribution in [3.8, 4) is 11.5 Å². The number of phenols is 1. The molecule has 0 aromatic heterocycles. The van der Waals surface area contributed by atoms with E-state index < -0.39 is 6.10 Å². The summed E-state index contributed by atoms with van der Waals surface area (Å²) >= 11 is 0. The third-order valence-corrected chi connectivity index (χ3v) is 2.12. The Hall–Kier alpha value is -1.26. The summed E-state index contributed by atoms with van der Waals surface area (Å²) in [5.41, 5.74) is 0. The van der Waals surface area contributed by atoms with Crippen molar-refractivity contribution in [2.45, 2.75) is 12.2 Å². The Morgan fingerprint density at radius 1 is 1.21 bits per heavy atom. The van der Waals surface area contributed by atoms with Crippen LogP contribution in [0.25, 0.3) is 0 Å². The van der Waals surface area contributed by atoms with Gasteiger partial charge in [-0.25, -0.2) is 0 Å². The van der Waals surface area contributed by atoms with E-state index in [1.807, 2.05) is 0 Å². The topological polar surface area (TPSA) is 58.9 Å². The number of aliphatic hydroxyl groups is 1. The number of aliphatic hydroxyl groups excluding tert-OH is 1. The first-order valence-corrected chi connectivity index (χ1v) is 4.47. The van der Waals surface area contributed by atoms with E-state index >= 15 is 0 Å². The minimum absolute atomic E-state index is 0.195. The van der Waals surface area contributed by atoms with Gasteiger partial charge in [0.1, 0.15) is 23.7 Å². The Morgan fingerprint density at radius 2 is 1.93 bits per heavy atom. The number of ether oxygens (including phenoxy) is 2. The van der Waals surface area contributed by atoms with E-state index in [0.717, 1.165) is 0 Å². The lowest BCUT2D eigenvalue weighted by Crippen LogP contribution is -2.29. The van der Waals surface area contributed by atoms with Gasteiger partial charge in [-0.05, 0) is 24.3 Å². The van der Waals surface area contributed by atoms with Crippen LogP contribution < -0.4 is 4.74 Å². The maximum Gasteiger partial charge on any atom is 0.150 e. The average Bonchev–Trinajstić information content (AvgIpc) is 2.56. The van der Waals surface area contributed by atoms with Crippen LogP contribution in [0.2, 0.25) is 0 Å². The van der Waals surface area contributed by atoms with Gasteiger partial charge in [-0.1, -0.05) is 0 Å². The van der Waals surface area contributed by atoms with Gasteiger partial charge in [0.05, 0.1) is 13.2 Å². The lowest BCUT2D eigenvalue weighted by Gasteiger charge is -2.14. The van der Waals surface area contributed by atoms with E-state index in [2.05, 4.69) is 0 Å². The van der Waals surface area contributed by atoms with E-state index in [-0.39, 0.29) is 11.9 Å². The van der Waals surface area contributed by atoms with Crippen LogP contribution in [-0.4, -0.2) is 35.6 Å². The number of rotatable bonds is 2. The molecule has 0 aliphatic carbocycles. The molecule has 4 heteroatoms. The maximum atomic E-state index is 9.41. The Labute approximate surface area is 81.7 Å². The van der Waals surface area contributed by atoms with E-state index in [1.54, 1.807) is 12.1 Å². The van der Waals surface area contributed by atoms with Crippen LogP contribution in [-0.2, 0) is 4.74 Å². The molecule has 14 heavy (non-hydrogen) atoms. The molecule has 4 nitrogen and oxygen atoms in total. The highest BCUT2D eigenvalue weighted by Crippen LogP contribution is 2.19. The summed E-state index contributed by atoms with van der Waals surface area (Å²) < 4.78 is 10.5. The second-order valence-corrected chi connectivity index (χ2v) is 3.26. The minimum atomic E-state index is -0.566. The molecular weight excluding hydrogens is 184 g/mol. The molecule has 1 aliphatic heterocycles. The fraction of sp³-hybridized carbons (Fsp3) is 0.400. The molecule has 1 aromatic rings. The van der Waals surface area contributed by atoms with E-state index in [0.29, 0.717) is 19.0 Å². The summed E-state index contributed by atoms with van der Waals surface area (Å²) in [4.78, 5) is 0. The van der Waals surface area contributed by atoms with Gasteiger partial charge in [-0.3, -0.25) is 0 Å². The highest BCUT2D eigenvalue weighted by molar-refractivity contribution is 5.30. The van der Waals surface area contributed by atoms with E-state index in [4.69, 9.17) is 14.6 Å². The quantitative estimate of drug-likeness (QED) is 0.724. The first-order valence-electron chi connectivity index (χ1n) is 4.47. The zero-order valence-corrected chi connectivity index (χ0v) is 7.59. The molecule has 1 fully saturated rings. The predicted octanol–water partition coefficient (Wildman–Crippen LogP) is 0.531. The first-order chi connectivity index (χ1) is 6.75. The molecule has 76 valence electrons. The predicted molar refractivity (Wildman–Crippen MR) is 49.3 cm³/mol. The second kappa shape index (κ2) is 3.86. The molecule has 0 unspecified atom stereocenters. The fourth-order valence-electron chi connectivity index (χ4n) is 1.34. The van der Waals surface area contributed by atoms with Gasteiger partial charge in [0.15, 0.2) is 0 Å². The van der Waals surface area contributed by atoms with E-state index in [9.17, 15) is 5.11 Å². The molecule has 2 rings (SSSR count). The smallest absolute Gasteiger partial charge is 0.150 e. The molecule has 0 spiro atoms. The van der Waals surface area contributed by atoms with Gasteiger partial charge in [-0.2, -0.15) is 0 Å². The van der Waals surface area contributed by atoms with Gasteiger partial charge >= 0.3 is 0 Å². The molecule has 0 saturated carbocycles. The molecule has 2 atom stereocenters. The fourth-order valence-corrected chi connectivity index (χ4v) is 1.34. The van der Waals surface area contributed by atoms with Crippen LogP contribution in [0.15, 0.2) is 24.3 Å². The van der Waals surface area contributed by atoms with Crippen molar-refractivity contribution >= 4 is 0 Å². The van der Waals surface area contributed by atoms with Crippen molar-refractivity contribution < 1.29 is 19.7 Å². The number of aromatic hydroxyl groups is 1. The SMILES string of the molecule is Oc1ccc(O[C@@H]2COC[C@H]2O)cc1. The third kappa shape index (κ3) is 1.97. The molecule has 0 bridgehead atoms. The minimum Gasteiger partial charge on any atom is -0.508 e. The maximum absolute atomic E-state index is 9.41. The lowest BCUT2D eigenvalue weighted by molar-refractivity contribution is 0.0733. The monoisotopic (exact) mass is 196 g/mol. The molecule has 0 radical (unpaired) electrons. The highest BCUT2D eigenvalue weighted by atomic mass is 16.6. The van der Waals surface area contributed by atoms with Crippen LogP contribution in [0.3, 0.4) is 0 Å². The van der Waals surface area contributed by atoms with Crippen LogP contribution in [0.1, 0.15) is 0 Å². The Balaban J connectivity index is 2.00. The van der Waals surface area contributed by atoms with Crippen LogP contribution >= 0.6 is 0 Å². The highest BCUT2D eigenvalue weighted by Gasteiger charge is 2.27. The molecule has 1 aromatic carbocycles. The van der Waals surface area contributed by atoms with Crippen molar-refractivity contribution in [2.24, 2.45) is 0 Å². The van der Waals surface area contributed by atoms with Crippen molar-refractivity contribution in [1.82, 2.24) is 0 Å². The van der Waals surface area contributed by atoms with Crippen molar-refractivity contribution in [3.05, 3.63) is 24.3 Å². The van der Waals surface area contributed by atoms with Gasteiger partial charge in [-0.15, -0.1) is 0 Å². The molecule has 1 heterocycles. The normalized spacial score (nSPS) is 26.4. The van der Waals surface area contributed by atoms with Gasteiger partial charge < -0.3 is 19.7 Å². The summed E-state index contributed by atoms with van der Waals surface area (Å²) in [6, 6.07) is 6.38. The number of hydrogen-bond acceptors (Lipinski definition) is 4. The zero-order valence-electron chi connectivity index (χ0n) is 7.59. The van der Waals surface area contributed by atoms with E-state index in [1.165, 1.54) is 12.1 Å². The Bertz CT molecular complexity index is 295. The van der Waals surface area contributed by atoms with Crippen molar-refractivity contribution in [2.75, 3.05) is 13.2 Å². The van der Waals surface area contributed by atoms with Gasteiger partial charge in [0.2, 0.25) is 0 Å². The lowest BCUT2D eigenvalue weighted by atomic mass is 10.2. The summed E-state index contributed by atoms with van der Waals surface area (Å²) in [7, 11) is 0. The summed E-state index contributed by atoms with van der Waals surface area (Å²) in [5.74, 6) is 0.818. The second-order valence-electron chi connectivity index (χ2n) is 3.26. The van der Waals surface area contributed by atoms with Crippen LogP contribution in [0, 0.1) is 0 Å². The van der Waals surface area contributed by atoms with Crippen molar-refractivity contribution in [1.29, 1.82) is 0 Å². The number of hydrogen-bond donors (Lipinski definition) is 2. The summed E-state index contributed by atoms with van der Waals surface area (Å²) in [6.07, 6.45) is -0.872. The summed E-state index contributed by atoms with van der Waals surface area (Å²) in [6.45, 7) is 0.727. The van der Waals surface area contributed by atoms with Crippen molar-refractivity contribution in [3.63, 3.8) is 0 Å². The molecular formula is C10H12O4. The number of benzene rings is 1. The molecule has 1 aliphatic rings. The Morgan fingerprint density at radius 3 is 2.50 bits per heavy atom. The summed E-state index contributed by atoms with van der Waals surface area (Å²) in [5, 5.41) is 18.4. The zero-order chi connectivity index (χ0) is 9.97. The van der Waals surface area contributed by atoms with Crippen LogP contribution in [0.4, 0.5) is 0 Å². The van der Waals surface area contributed by atoms with Crippen LogP contribution in [0.5, 0.6) is 11.5 Å². The van der Waals surface area contributed by atoms with Gasteiger partial charge in [0, 0.05) is 0 Å². The third-order valence-electron chi connectivity index (χ3n) is 2.12. The number of phenolic OH excluding ortho intramolecular Hbond substituents is 1.